The molecule has 0 bridgehead atoms. The molecule has 534 valence electrons. The number of nitrogens with one attached hydrogen (secondary N) is 5. The second-order valence-electron chi connectivity index (χ2n) is 24.8. The maximum atomic E-state index is 14.4. The van der Waals surface area contributed by atoms with E-state index in [2.05, 4.69) is 26.6 Å². The van der Waals surface area contributed by atoms with E-state index in [-0.39, 0.29) is 74.0 Å². The van der Waals surface area contributed by atoms with Crippen LogP contribution in [-0.2, 0) is 71.5 Å². The maximum absolute atomic E-state index is 14.4. The molecule has 3 fully saturated rings. The van der Waals surface area contributed by atoms with Gasteiger partial charge in [-0.05, 0) is 89.9 Å². The highest BCUT2D eigenvalue weighted by molar-refractivity contribution is 5.92. The summed E-state index contributed by atoms with van der Waals surface area (Å²) in [5, 5.41) is 95.1. The Balaban J connectivity index is 1.57. The third-order valence-corrected chi connectivity index (χ3v) is 17.1. The highest BCUT2D eigenvalue weighted by Gasteiger charge is 2.46. The van der Waals surface area contributed by atoms with Gasteiger partial charge in [-0.25, -0.2) is 0 Å². The zero-order valence-electron chi connectivity index (χ0n) is 55.3. The predicted molar refractivity (Wildman–Crippen MR) is 333 cm³/mol. The number of amides is 5. The first-order valence-corrected chi connectivity index (χ1v) is 33.8. The summed E-state index contributed by atoms with van der Waals surface area (Å²) in [5.41, 5.74) is 0. The summed E-state index contributed by atoms with van der Waals surface area (Å²) in [7, 11) is 1.60. The highest BCUT2D eigenvalue weighted by atomic mass is 16.7. The van der Waals surface area contributed by atoms with Gasteiger partial charge in [-0.3, -0.25) is 33.6 Å². The van der Waals surface area contributed by atoms with E-state index in [4.69, 9.17) is 37.9 Å². The van der Waals surface area contributed by atoms with Crippen LogP contribution in [-0.4, -0.2) is 242 Å². The number of Topliss-reactive ketones (excluding diaryl/α,β-unsaturated/α-hetero) is 1. The molecule has 0 aliphatic carbocycles. The molecular weight excluding hydrogens is 1210 g/mol. The molecule has 17 atom stereocenters. The number of rotatable bonds is 50. The topological polar surface area (TPSA) is 415 Å². The van der Waals surface area contributed by atoms with Crippen molar-refractivity contribution in [1.29, 1.82) is 0 Å². The predicted octanol–water partition coefficient (Wildman–Crippen LogP) is 0.976. The van der Waals surface area contributed by atoms with Gasteiger partial charge in [-0.1, -0.05) is 52.9 Å². The normalized spacial score (nSPS) is 27.1. The van der Waals surface area contributed by atoms with Crippen molar-refractivity contribution < 1.29 is 112 Å². The van der Waals surface area contributed by atoms with Crippen molar-refractivity contribution >= 4 is 41.3 Å². The van der Waals surface area contributed by atoms with Crippen molar-refractivity contribution in [3.8, 4) is 0 Å². The van der Waals surface area contributed by atoms with Gasteiger partial charge in [0.05, 0.1) is 38.1 Å². The van der Waals surface area contributed by atoms with Crippen LogP contribution in [0.15, 0.2) is 0 Å². The van der Waals surface area contributed by atoms with Gasteiger partial charge in [-0.2, -0.15) is 0 Å². The molecular formula is C64H115N5O23. The van der Waals surface area contributed by atoms with Crippen molar-refractivity contribution in [2.45, 2.75) is 262 Å². The van der Waals surface area contributed by atoms with Gasteiger partial charge >= 0.3 is 5.97 Å². The lowest BCUT2D eigenvalue weighted by Gasteiger charge is -2.42. The summed E-state index contributed by atoms with van der Waals surface area (Å²) in [6.45, 7) is 7.70. The smallest absolute Gasteiger partial charge is 0.303 e. The number of methoxy groups -OCH3 is 1. The zero-order chi connectivity index (χ0) is 67.8. The van der Waals surface area contributed by atoms with Crippen LogP contribution in [0.5, 0.6) is 0 Å². The second-order valence-corrected chi connectivity index (χ2v) is 24.8. The van der Waals surface area contributed by atoms with Crippen molar-refractivity contribution in [3.05, 3.63) is 0 Å². The molecule has 3 saturated heterocycles. The molecule has 0 aromatic heterocycles. The fraction of sp³-hybridized carbons (Fsp3) is 0.891. The Morgan fingerprint density at radius 2 is 0.826 bits per heavy atom. The van der Waals surface area contributed by atoms with Crippen LogP contribution in [0, 0.1) is 23.7 Å². The van der Waals surface area contributed by atoms with Gasteiger partial charge in [0.25, 0.3) is 0 Å². The summed E-state index contributed by atoms with van der Waals surface area (Å²) < 4.78 is 44.7. The lowest BCUT2D eigenvalue weighted by atomic mass is 9.91. The zero-order valence-corrected chi connectivity index (χ0v) is 55.3. The largest absolute Gasteiger partial charge is 0.457 e. The Labute approximate surface area is 543 Å². The first-order chi connectivity index (χ1) is 44.2. The molecule has 3 aliphatic rings. The monoisotopic (exact) mass is 1320 g/mol. The van der Waals surface area contributed by atoms with Gasteiger partial charge in [0.15, 0.2) is 30.8 Å². The van der Waals surface area contributed by atoms with Gasteiger partial charge in [0.2, 0.25) is 29.5 Å². The Bertz CT molecular complexity index is 2080. The van der Waals surface area contributed by atoms with E-state index < -0.39 is 129 Å². The lowest BCUT2D eigenvalue weighted by Crippen LogP contribution is -2.56. The van der Waals surface area contributed by atoms with Crippen LogP contribution in [0.3, 0.4) is 0 Å². The number of carbonyl (C=O) groups is 7. The molecule has 92 heavy (non-hydrogen) atoms. The van der Waals surface area contributed by atoms with Crippen molar-refractivity contribution in [2.24, 2.45) is 23.7 Å². The number of unbranched alkanes of at least 4 members (excludes halogenated alkanes) is 10. The van der Waals surface area contributed by atoms with Gasteiger partial charge in [0.1, 0.15) is 36.6 Å². The third kappa shape index (κ3) is 31.6. The van der Waals surface area contributed by atoms with Gasteiger partial charge < -0.3 is 105 Å². The Kier molecular flexibility index (Phi) is 42.6. The number of aliphatic hydroxyl groups is 8. The van der Waals surface area contributed by atoms with E-state index in [0.29, 0.717) is 168 Å². The van der Waals surface area contributed by atoms with E-state index >= 15 is 0 Å². The molecule has 5 amide bonds. The average Bonchev–Trinajstić information content (AvgIpc) is 0.858. The highest BCUT2D eigenvalue weighted by Crippen LogP contribution is 2.31. The molecule has 17 unspecified atom stereocenters. The van der Waals surface area contributed by atoms with Crippen molar-refractivity contribution in [1.82, 2.24) is 26.6 Å². The number of ketones is 1. The summed E-state index contributed by atoms with van der Waals surface area (Å²) in [4.78, 5) is 91.4. The molecule has 0 saturated carbocycles. The second kappa shape index (κ2) is 47.7. The molecule has 3 aliphatic heterocycles. The molecule has 3 heterocycles. The standard InChI is InChI=1S/C64H115N5O23/c1-41-55(79)58(82)48(38-70)90-62(41)86-34-19-7-11-26-51(75)65-29-17-14-23-45(61(84)68-31-16-6-10-25-53(77)67-32-22-33-85-5)37-47(74)46(69-54(78)28-13-9-21-36-88-64-43(3)57(81)60(89-44(4)73)50(40-72)92-64)24-15-18-30-66-52(76)27-12-8-20-35-87-63-42(2)56(80)59(83)49(39-71)91-63/h41-43,45-46,48-50,55-60,62-64,70-72,79-83H,6-40H2,1-5H3,(H,65,75)(H,66,76)(H,67,77)(H,68,84)(H,69,78). The summed E-state index contributed by atoms with van der Waals surface area (Å²) >= 11 is 0. The summed E-state index contributed by atoms with van der Waals surface area (Å²) in [6.07, 6.45) is -0.932. The maximum Gasteiger partial charge on any atom is 0.303 e. The van der Waals surface area contributed by atoms with Crippen LogP contribution < -0.4 is 26.6 Å². The lowest BCUT2D eigenvalue weighted by molar-refractivity contribution is -0.285. The molecule has 0 radical (unpaired) electrons. The minimum atomic E-state index is -1.22. The number of carbonyl (C=O) groups excluding carboxylic acids is 7. The Morgan fingerprint density at radius 3 is 1.27 bits per heavy atom. The van der Waals surface area contributed by atoms with Crippen LogP contribution in [0.4, 0.5) is 0 Å². The first-order valence-electron chi connectivity index (χ1n) is 33.8. The average molecular weight is 1320 g/mol. The van der Waals surface area contributed by atoms with Crippen LogP contribution in [0.1, 0.15) is 182 Å². The summed E-state index contributed by atoms with van der Waals surface area (Å²) in [5.74, 6) is -4.32. The van der Waals surface area contributed by atoms with E-state index in [1.165, 1.54) is 6.92 Å². The van der Waals surface area contributed by atoms with Gasteiger partial charge in [-0.15, -0.1) is 0 Å². The van der Waals surface area contributed by atoms with E-state index in [9.17, 15) is 74.4 Å². The molecule has 3 rings (SSSR count). The van der Waals surface area contributed by atoms with Crippen LogP contribution in [0.25, 0.3) is 0 Å². The fourth-order valence-electron chi connectivity index (χ4n) is 11.2. The third-order valence-electron chi connectivity index (χ3n) is 17.1. The van der Waals surface area contributed by atoms with Crippen LogP contribution in [0.2, 0.25) is 0 Å². The molecule has 28 heteroatoms. The van der Waals surface area contributed by atoms with Crippen molar-refractivity contribution in [2.75, 3.05) is 79.5 Å². The van der Waals surface area contributed by atoms with Gasteiger partial charge in [0, 0.05) is 122 Å². The molecule has 13 N–H and O–H groups in total. The number of hydrogen-bond donors (Lipinski definition) is 13. The minimum Gasteiger partial charge on any atom is -0.457 e. The quantitative estimate of drug-likeness (QED) is 0.0298. The first kappa shape index (κ1) is 82.1. The summed E-state index contributed by atoms with van der Waals surface area (Å²) in [6, 6.07) is -0.938. The van der Waals surface area contributed by atoms with E-state index in [1.807, 2.05) is 0 Å². The Morgan fingerprint density at radius 1 is 0.435 bits per heavy atom. The number of ether oxygens (including phenoxy) is 8. The number of hydrogen-bond acceptors (Lipinski definition) is 23. The van der Waals surface area contributed by atoms with E-state index in [1.54, 1.807) is 27.9 Å². The number of aliphatic hydroxyl groups excluding tert-OH is 8. The molecule has 0 aromatic rings. The molecule has 0 aromatic carbocycles. The van der Waals surface area contributed by atoms with E-state index in [0.717, 1.165) is 0 Å². The van der Waals surface area contributed by atoms with Crippen molar-refractivity contribution in [3.63, 3.8) is 0 Å². The molecule has 28 nitrogen and oxygen atoms in total. The van der Waals surface area contributed by atoms with Crippen LogP contribution >= 0.6 is 0 Å². The molecule has 0 spiro atoms. The fourth-order valence-corrected chi connectivity index (χ4v) is 11.2. The SMILES string of the molecule is COCCCNC(=O)CCCCCNC(=O)C(CCCCNC(=O)CCCCCOC1OC(CO)C(O)C(O)C1C)CC(=O)C(CCCCNC(=O)CCCCCOC1OC(CO)C(O)C(O)C1C)NC(=O)CCCCCOC1OC(CO)C(OC(C)=O)C(O)C1C. The Hall–Kier alpha value is -4.11. The number of esters is 1. The minimum absolute atomic E-state index is 0.0574.